The summed E-state index contributed by atoms with van der Waals surface area (Å²) in [4.78, 5) is 4.52. The van der Waals surface area contributed by atoms with Crippen molar-refractivity contribution in [1.29, 1.82) is 0 Å². The Hall–Kier alpha value is -1.39. The molecule has 2 aromatic rings. The molecule has 102 valence electrons. The molecule has 0 aliphatic carbocycles. The van der Waals surface area contributed by atoms with Crippen molar-refractivity contribution >= 4 is 11.1 Å². The van der Waals surface area contributed by atoms with Gasteiger partial charge in [0.2, 0.25) is 5.89 Å². The molecule has 1 aromatic heterocycles. The predicted molar refractivity (Wildman–Crippen MR) is 74.0 cm³/mol. The van der Waals surface area contributed by atoms with Crippen LogP contribution in [0.25, 0.3) is 11.1 Å². The molecule has 19 heavy (non-hydrogen) atoms. The Bertz CT molecular complexity index is 513. The Kier molecular flexibility index (Phi) is 3.53. The summed E-state index contributed by atoms with van der Waals surface area (Å²) < 4.78 is 11.5. The van der Waals surface area contributed by atoms with Crippen LogP contribution < -0.4 is 5.32 Å². The van der Waals surface area contributed by atoms with E-state index < -0.39 is 0 Å². The monoisotopic (exact) mass is 260 g/mol. The number of nitrogens with one attached hydrogen (secondary N) is 1. The van der Waals surface area contributed by atoms with Gasteiger partial charge in [0.1, 0.15) is 5.52 Å². The van der Waals surface area contributed by atoms with Crippen LogP contribution in [0.1, 0.15) is 38.6 Å². The zero-order valence-corrected chi connectivity index (χ0v) is 11.4. The molecule has 2 heterocycles. The van der Waals surface area contributed by atoms with Gasteiger partial charge in [0, 0.05) is 12.6 Å². The molecule has 0 spiro atoms. The summed E-state index contributed by atoms with van der Waals surface area (Å²) in [5.41, 5.74) is 1.76. The van der Waals surface area contributed by atoms with Crippen molar-refractivity contribution in [3.8, 4) is 0 Å². The van der Waals surface area contributed by atoms with Crippen molar-refractivity contribution in [2.45, 2.75) is 44.9 Å². The highest BCUT2D eigenvalue weighted by Gasteiger charge is 2.25. The number of rotatable bonds is 4. The van der Waals surface area contributed by atoms with Gasteiger partial charge in [-0.15, -0.1) is 0 Å². The fourth-order valence-corrected chi connectivity index (χ4v) is 2.65. The molecule has 1 fully saturated rings. The first-order valence-electron chi connectivity index (χ1n) is 6.97. The number of fused-ring (bicyclic) bond motifs is 1. The summed E-state index contributed by atoms with van der Waals surface area (Å²) in [6.07, 6.45) is 2.61. The molecule has 1 aromatic carbocycles. The lowest BCUT2D eigenvalue weighted by Gasteiger charge is -2.22. The second-order valence-corrected chi connectivity index (χ2v) is 5.25. The van der Waals surface area contributed by atoms with Crippen molar-refractivity contribution in [3.05, 3.63) is 30.2 Å². The summed E-state index contributed by atoms with van der Waals surface area (Å²) in [7, 11) is 0. The van der Waals surface area contributed by atoms with E-state index in [0.717, 1.165) is 36.4 Å². The summed E-state index contributed by atoms with van der Waals surface area (Å²) in [5.74, 6) is 0.742. The average Bonchev–Trinajstić information content (AvgIpc) is 3.07. The summed E-state index contributed by atoms with van der Waals surface area (Å²) >= 11 is 0. The van der Waals surface area contributed by atoms with Gasteiger partial charge in [0.25, 0.3) is 0 Å². The Morgan fingerprint density at radius 3 is 2.89 bits per heavy atom. The Morgan fingerprint density at radius 2 is 2.16 bits per heavy atom. The van der Waals surface area contributed by atoms with Crippen molar-refractivity contribution in [2.75, 3.05) is 6.61 Å². The van der Waals surface area contributed by atoms with E-state index in [1.807, 2.05) is 24.3 Å². The van der Waals surface area contributed by atoms with E-state index in [2.05, 4.69) is 24.1 Å². The molecular formula is C15H20N2O2. The third-order valence-electron chi connectivity index (χ3n) is 3.72. The topological polar surface area (TPSA) is 47.3 Å². The zero-order chi connectivity index (χ0) is 13.2. The molecule has 1 aliphatic heterocycles. The number of aromatic nitrogens is 1. The van der Waals surface area contributed by atoms with Crippen LogP contribution in [0, 0.1) is 0 Å². The molecule has 3 rings (SSSR count). The summed E-state index contributed by atoms with van der Waals surface area (Å²) in [6.45, 7) is 5.12. The first kappa shape index (κ1) is 12.6. The van der Waals surface area contributed by atoms with E-state index in [-0.39, 0.29) is 6.04 Å². The molecule has 3 atom stereocenters. The van der Waals surface area contributed by atoms with Gasteiger partial charge in [-0.3, -0.25) is 0 Å². The quantitative estimate of drug-likeness (QED) is 0.917. The average molecular weight is 260 g/mol. The van der Waals surface area contributed by atoms with E-state index in [0.29, 0.717) is 12.1 Å². The molecule has 0 amide bonds. The van der Waals surface area contributed by atoms with Gasteiger partial charge < -0.3 is 14.5 Å². The SMILES string of the molecule is CC(NC(C)C1CCCO1)c1nc2ccccc2o1. The highest BCUT2D eigenvalue weighted by atomic mass is 16.5. The zero-order valence-electron chi connectivity index (χ0n) is 11.4. The number of benzene rings is 1. The van der Waals surface area contributed by atoms with Crippen molar-refractivity contribution < 1.29 is 9.15 Å². The van der Waals surface area contributed by atoms with Crippen LogP contribution >= 0.6 is 0 Å². The van der Waals surface area contributed by atoms with Crippen LogP contribution in [0.3, 0.4) is 0 Å². The minimum atomic E-state index is 0.0894. The second kappa shape index (κ2) is 5.31. The van der Waals surface area contributed by atoms with Gasteiger partial charge in [-0.1, -0.05) is 12.1 Å². The number of hydrogen-bond donors (Lipinski definition) is 1. The maximum absolute atomic E-state index is 5.78. The summed E-state index contributed by atoms with van der Waals surface area (Å²) in [6, 6.07) is 8.26. The van der Waals surface area contributed by atoms with Crippen LogP contribution in [0.15, 0.2) is 28.7 Å². The maximum Gasteiger partial charge on any atom is 0.212 e. The van der Waals surface area contributed by atoms with E-state index in [9.17, 15) is 0 Å². The number of ether oxygens (including phenoxy) is 1. The van der Waals surface area contributed by atoms with Crippen LogP contribution in [0.4, 0.5) is 0 Å². The van der Waals surface area contributed by atoms with Crippen LogP contribution in [-0.4, -0.2) is 23.7 Å². The van der Waals surface area contributed by atoms with Crippen LogP contribution in [0.2, 0.25) is 0 Å². The third kappa shape index (κ3) is 2.65. The number of para-hydroxylation sites is 2. The molecule has 1 saturated heterocycles. The van der Waals surface area contributed by atoms with Gasteiger partial charge in [-0.2, -0.15) is 0 Å². The lowest BCUT2D eigenvalue weighted by atomic mass is 10.1. The van der Waals surface area contributed by atoms with Gasteiger partial charge in [0.05, 0.1) is 12.1 Å². The fraction of sp³-hybridized carbons (Fsp3) is 0.533. The third-order valence-corrected chi connectivity index (χ3v) is 3.72. The van der Waals surface area contributed by atoms with Crippen LogP contribution in [-0.2, 0) is 4.74 Å². The standard InChI is InChI=1S/C15H20N2O2/c1-10(13-8-5-9-18-13)16-11(2)15-17-12-6-3-4-7-14(12)19-15/h3-4,6-7,10-11,13,16H,5,8-9H2,1-2H3. The number of hydrogen-bond acceptors (Lipinski definition) is 4. The van der Waals surface area contributed by atoms with E-state index in [1.54, 1.807) is 0 Å². The lowest BCUT2D eigenvalue weighted by molar-refractivity contribution is 0.0792. The second-order valence-electron chi connectivity index (χ2n) is 5.25. The Labute approximate surface area is 113 Å². The minimum absolute atomic E-state index is 0.0894. The first-order valence-corrected chi connectivity index (χ1v) is 6.97. The lowest BCUT2D eigenvalue weighted by Crippen LogP contribution is -2.38. The van der Waals surface area contributed by atoms with Crippen LogP contribution in [0.5, 0.6) is 0 Å². The molecule has 1 N–H and O–H groups in total. The van der Waals surface area contributed by atoms with Gasteiger partial charge in [-0.05, 0) is 38.8 Å². The molecule has 0 saturated carbocycles. The molecule has 0 bridgehead atoms. The van der Waals surface area contributed by atoms with E-state index in [1.165, 1.54) is 0 Å². The first-order chi connectivity index (χ1) is 9.24. The van der Waals surface area contributed by atoms with Crippen molar-refractivity contribution in [3.63, 3.8) is 0 Å². The number of nitrogens with zero attached hydrogens (tertiary/aromatic N) is 1. The van der Waals surface area contributed by atoms with Gasteiger partial charge in [0.15, 0.2) is 5.58 Å². The molecule has 4 heteroatoms. The Balaban J connectivity index is 1.70. The highest BCUT2D eigenvalue weighted by Crippen LogP contribution is 2.22. The largest absolute Gasteiger partial charge is 0.439 e. The molecule has 3 unspecified atom stereocenters. The van der Waals surface area contributed by atoms with Gasteiger partial charge >= 0.3 is 0 Å². The predicted octanol–water partition coefficient (Wildman–Crippen LogP) is 3.05. The van der Waals surface area contributed by atoms with Crippen molar-refractivity contribution in [1.82, 2.24) is 10.3 Å². The number of oxazole rings is 1. The fourth-order valence-electron chi connectivity index (χ4n) is 2.65. The molecule has 4 nitrogen and oxygen atoms in total. The molecule has 1 aliphatic rings. The highest BCUT2D eigenvalue weighted by molar-refractivity contribution is 5.72. The normalized spacial score (nSPS) is 22.7. The molecule has 0 radical (unpaired) electrons. The summed E-state index contributed by atoms with van der Waals surface area (Å²) in [5, 5.41) is 3.52. The molecular weight excluding hydrogens is 240 g/mol. The smallest absolute Gasteiger partial charge is 0.212 e. The van der Waals surface area contributed by atoms with E-state index in [4.69, 9.17) is 9.15 Å². The van der Waals surface area contributed by atoms with Gasteiger partial charge in [-0.25, -0.2) is 4.98 Å². The van der Waals surface area contributed by atoms with E-state index >= 15 is 0 Å². The van der Waals surface area contributed by atoms with Crippen molar-refractivity contribution in [2.24, 2.45) is 0 Å². The maximum atomic E-state index is 5.78. The minimum Gasteiger partial charge on any atom is -0.439 e. The Morgan fingerprint density at radius 1 is 1.32 bits per heavy atom.